The van der Waals surface area contributed by atoms with Crippen LogP contribution in [0.25, 0.3) is 0 Å². The molecular formula is C17H15NO4. The van der Waals surface area contributed by atoms with E-state index in [1.54, 1.807) is 18.2 Å². The molecule has 22 heavy (non-hydrogen) atoms. The quantitative estimate of drug-likeness (QED) is 0.474. The number of hydrogen-bond acceptors (Lipinski definition) is 4. The normalized spacial score (nSPS) is 31.8. The van der Waals surface area contributed by atoms with Crippen molar-refractivity contribution in [2.45, 2.75) is 6.42 Å². The predicted molar refractivity (Wildman–Crippen MR) is 78.0 cm³/mol. The van der Waals surface area contributed by atoms with Crippen LogP contribution in [-0.4, -0.2) is 24.9 Å². The lowest BCUT2D eigenvalue weighted by atomic mass is 9.85. The second kappa shape index (κ2) is 4.53. The third-order valence-corrected chi connectivity index (χ3v) is 5.00. The van der Waals surface area contributed by atoms with Gasteiger partial charge in [0, 0.05) is 0 Å². The maximum atomic E-state index is 12.7. The molecule has 2 aliphatic carbocycles. The lowest BCUT2D eigenvalue weighted by Crippen LogP contribution is -2.33. The van der Waals surface area contributed by atoms with Gasteiger partial charge in [0.15, 0.2) is 0 Å². The molecule has 0 N–H and O–H groups in total. The zero-order valence-corrected chi connectivity index (χ0v) is 12.1. The fourth-order valence-corrected chi connectivity index (χ4v) is 4.05. The highest BCUT2D eigenvalue weighted by atomic mass is 16.5. The first-order valence-corrected chi connectivity index (χ1v) is 7.36. The Morgan fingerprint density at radius 1 is 1.14 bits per heavy atom. The van der Waals surface area contributed by atoms with Crippen molar-refractivity contribution in [3.8, 4) is 0 Å². The Balaban J connectivity index is 1.71. The molecule has 1 heterocycles. The molecule has 2 fully saturated rings. The van der Waals surface area contributed by atoms with Crippen LogP contribution in [0.5, 0.6) is 0 Å². The first-order chi connectivity index (χ1) is 10.6. The van der Waals surface area contributed by atoms with Gasteiger partial charge in [-0.1, -0.05) is 18.2 Å². The Bertz CT molecular complexity index is 693. The number of amides is 2. The highest BCUT2D eigenvalue weighted by molar-refractivity contribution is 6.23. The van der Waals surface area contributed by atoms with Crippen molar-refractivity contribution in [1.82, 2.24) is 0 Å². The van der Waals surface area contributed by atoms with Crippen LogP contribution in [0.1, 0.15) is 16.8 Å². The molecule has 0 aromatic heterocycles. The number of carbonyl (C=O) groups excluding carboxylic acids is 3. The van der Waals surface area contributed by atoms with Crippen molar-refractivity contribution >= 4 is 23.5 Å². The van der Waals surface area contributed by atoms with E-state index in [4.69, 9.17) is 0 Å². The summed E-state index contributed by atoms with van der Waals surface area (Å²) in [6.45, 7) is 0. The molecular weight excluding hydrogens is 282 g/mol. The summed E-state index contributed by atoms with van der Waals surface area (Å²) in [6, 6.07) is 6.48. The van der Waals surface area contributed by atoms with E-state index < -0.39 is 5.97 Å². The predicted octanol–water partition coefficient (Wildman–Crippen LogP) is 1.78. The van der Waals surface area contributed by atoms with Gasteiger partial charge < -0.3 is 4.74 Å². The summed E-state index contributed by atoms with van der Waals surface area (Å²) in [5.74, 6) is -0.875. The van der Waals surface area contributed by atoms with E-state index in [0.717, 1.165) is 6.42 Å². The van der Waals surface area contributed by atoms with Gasteiger partial charge in [-0.15, -0.1) is 0 Å². The van der Waals surface area contributed by atoms with Crippen LogP contribution in [0.15, 0.2) is 36.4 Å². The molecule has 4 rings (SSSR count). The van der Waals surface area contributed by atoms with E-state index in [9.17, 15) is 14.4 Å². The summed E-state index contributed by atoms with van der Waals surface area (Å²) in [7, 11) is 1.30. The standard InChI is InChI=1S/C17H15NO4/c1-22-17(21)11-3-2-4-12(8-11)18-15(19)13-9-5-6-10(7-9)14(13)16(18)20/h2-6,8-10,13-14H,7H2,1H3/t9-,10+,13-,14-/m1/s1. The van der Waals surface area contributed by atoms with Crippen molar-refractivity contribution in [1.29, 1.82) is 0 Å². The van der Waals surface area contributed by atoms with Crippen LogP contribution in [0.3, 0.4) is 0 Å². The van der Waals surface area contributed by atoms with Crippen LogP contribution in [0, 0.1) is 23.7 Å². The molecule has 1 aliphatic heterocycles. The molecule has 1 saturated heterocycles. The molecule has 2 bridgehead atoms. The Labute approximate surface area is 127 Å². The topological polar surface area (TPSA) is 63.7 Å². The first-order valence-electron chi connectivity index (χ1n) is 7.36. The molecule has 5 heteroatoms. The van der Waals surface area contributed by atoms with E-state index in [2.05, 4.69) is 16.9 Å². The molecule has 0 radical (unpaired) electrons. The van der Waals surface area contributed by atoms with Crippen LogP contribution < -0.4 is 4.90 Å². The first kappa shape index (κ1) is 13.2. The number of benzene rings is 1. The average molecular weight is 297 g/mol. The number of methoxy groups -OCH3 is 1. The zero-order valence-electron chi connectivity index (χ0n) is 12.1. The van der Waals surface area contributed by atoms with Gasteiger partial charge >= 0.3 is 5.97 Å². The highest BCUT2D eigenvalue weighted by Crippen LogP contribution is 2.53. The summed E-state index contributed by atoms with van der Waals surface area (Å²) in [5.41, 5.74) is 0.783. The minimum absolute atomic E-state index is 0.145. The Kier molecular flexibility index (Phi) is 2.73. The third-order valence-electron chi connectivity index (χ3n) is 5.00. The molecule has 112 valence electrons. The summed E-state index contributed by atoms with van der Waals surface area (Å²) < 4.78 is 4.69. The molecule has 0 unspecified atom stereocenters. The van der Waals surface area contributed by atoms with Gasteiger partial charge in [0.2, 0.25) is 11.8 Å². The Morgan fingerprint density at radius 2 is 1.77 bits per heavy atom. The lowest BCUT2D eigenvalue weighted by molar-refractivity contribution is -0.123. The number of nitrogens with zero attached hydrogens (tertiary/aromatic N) is 1. The molecule has 1 aromatic rings. The van der Waals surface area contributed by atoms with Gasteiger partial charge in [-0.05, 0) is 36.5 Å². The van der Waals surface area contributed by atoms with Crippen molar-refractivity contribution in [2.24, 2.45) is 23.7 Å². The summed E-state index contributed by atoms with van der Waals surface area (Å²) in [4.78, 5) is 38.3. The largest absolute Gasteiger partial charge is 0.465 e. The van der Waals surface area contributed by atoms with Crippen LogP contribution in [0.2, 0.25) is 0 Å². The number of allylic oxidation sites excluding steroid dienone is 2. The Morgan fingerprint density at radius 3 is 2.36 bits per heavy atom. The van der Waals surface area contributed by atoms with Gasteiger partial charge in [-0.3, -0.25) is 9.59 Å². The van der Waals surface area contributed by atoms with Gasteiger partial charge in [0.05, 0.1) is 30.2 Å². The number of hydrogen-bond donors (Lipinski definition) is 0. The van der Waals surface area contributed by atoms with E-state index in [0.29, 0.717) is 11.3 Å². The number of anilines is 1. The van der Waals surface area contributed by atoms with Gasteiger partial charge in [0.25, 0.3) is 0 Å². The summed E-state index contributed by atoms with van der Waals surface area (Å²) in [6.07, 6.45) is 5.03. The second-order valence-corrected chi connectivity index (χ2v) is 6.05. The van der Waals surface area contributed by atoms with E-state index in [1.165, 1.54) is 18.1 Å². The van der Waals surface area contributed by atoms with Crippen molar-refractivity contribution < 1.29 is 19.1 Å². The molecule has 0 spiro atoms. The maximum absolute atomic E-state index is 12.7. The maximum Gasteiger partial charge on any atom is 0.337 e. The van der Waals surface area contributed by atoms with Crippen LogP contribution >= 0.6 is 0 Å². The molecule has 1 aromatic carbocycles. The number of fused-ring (bicyclic) bond motifs is 5. The molecule has 3 aliphatic rings. The smallest absolute Gasteiger partial charge is 0.337 e. The van der Waals surface area contributed by atoms with E-state index >= 15 is 0 Å². The lowest BCUT2D eigenvalue weighted by Gasteiger charge is -2.17. The van der Waals surface area contributed by atoms with E-state index in [1.807, 2.05) is 0 Å². The number of ether oxygens (including phenoxy) is 1. The van der Waals surface area contributed by atoms with Crippen molar-refractivity contribution in [3.05, 3.63) is 42.0 Å². The third kappa shape index (κ3) is 1.62. The SMILES string of the molecule is COC(=O)c1cccc(N2C(=O)[C@H]3[C@H](C2=O)[C@H]2C=C[C@@H]3C2)c1. The number of esters is 1. The number of rotatable bonds is 2. The van der Waals surface area contributed by atoms with Gasteiger partial charge in [-0.25, -0.2) is 9.69 Å². The number of imide groups is 1. The molecule has 4 atom stereocenters. The van der Waals surface area contributed by atoms with E-state index in [-0.39, 0.29) is 35.5 Å². The molecule has 5 nitrogen and oxygen atoms in total. The number of carbonyl (C=O) groups is 3. The minimum atomic E-state index is -0.483. The van der Waals surface area contributed by atoms with Gasteiger partial charge in [0.1, 0.15) is 0 Å². The van der Waals surface area contributed by atoms with Gasteiger partial charge in [-0.2, -0.15) is 0 Å². The summed E-state index contributed by atoms with van der Waals surface area (Å²) in [5, 5.41) is 0. The Hall–Kier alpha value is -2.43. The minimum Gasteiger partial charge on any atom is -0.465 e. The van der Waals surface area contributed by atoms with Crippen LogP contribution in [-0.2, 0) is 14.3 Å². The van der Waals surface area contributed by atoms with Crippen molar-refractivity contribution in [2.75, 3.05) is 12.0 Å². The fraction of sp³-hybridized carbons (Fsp3) is 0.353. The highest BCUT2D eigenvalue weighted by Gasteiger charge is 2.59. The fourth-order valence-electron chi connectivity index (χ4n) is 4.05. The average Bonchev–Trinajstić information content (AvgIpc) is 3.21. The van der Waals surface area contributed by atoms with Crippen LogP contribution in [0.4, 0.5) is 5.69 Å². The second-order valence-electron chi connectivity index (χ2n) is 6.05. The molecule has 1 saturated carbocycles. The zero-order chi connectivity index (χ0) is 15.4. The van der Waals surface area contributed by atoms with Crippen molar-refractivity contribution in [3.63, 3.8) is 0 Å². The molecule has 2 amide bonds. The summed E-state index contributed by atoms with van der Waals surface area (Å²) >= 11 is 0. The monoisotopic (exact) mass is 297 g/mol.